The van der Waals surface area contributed by atoms with Gasteiger partial charge < -0.3 is 20.8 Å². The molecule has 1 heterocycles. The van der Waals surface area contributed by atoms with Gasteiger partial charge in [0.05, 0.1) is 12.1 Å². The molecule has 0 aromatic heterocycles. The van der Waals surface area contributed by atoms with Gasteiger partial charge in [-0.05, 0) is 36.8 Å². The van der Waals surface area contributed by atoms with Crippen molar-refractivity contribution in [2.75, 3.05) is 11.4 Å². The quantitative estimate of drug-likeness (QED) is 0.788. The van der Waals surface area contributed by atoms with Gasteiger partial charge in [0.15, 0.2) is 5.96 Å². The third kappa shape index (κ3) is 2.16. The zero-order valence-electron chi connectivity index (χ0n) is 11.7. The molecule has 0 spiro atoms. The van der Waals surface area contributed by atoms with E-state index in [2.05, 4.69) is 4.99 Å². The monoisotopic (exact) mass is 283 g/mol. The zero-order chi connectivity index (χ0) is 15.0. The number of anilines is 1. The number of guanidine groups is 1. The smallest absolute Gasteiger partial charge is 0.196 e. The standard InChI is InChI=1S/C16H17N3O2/c1-16(11-7-13(20)9-14(21)8-11)10-18-15(17)19(16)12-5-3-2-4-6-12/h2-9,20-21H,10H2,1H3,(H2,17,18). The van der Waals surface area contributed by atoms with Gasteiger partial charge in [0.25, 0.3) is 0 Å². The van der Waals surface area contributed by atoms with Crippen LogP contribution in [0.2, 0.25) is 0 Å². The number of rotatable bonds is 2. The van der Waals surface area contributed by atoms with Crippen molar-refractivity contribution < 1.29 is 10.2 Å². The average Bonchev–Trinajstić information content (AvgIpc) is 2.76. The molecule has 0 aliphatic carbocycles. The molecule has 2 aromatic rings. The highest BCUT2D eigenvalue weighted by atomic mass is 16.3. The van der Waals surface area contributed by atoms with Crippen LogP contribution in [0.3, 0.4) is 0 Å². The van der Waals surface area contributed by atoms with Crippen LogP contribution in [0.1, 0.15) is 12.5 Å². The summed E-state index contributed by atoms with van der Waals surface area (Å²) in [7, 11) is 0. The van der Waals surface area contributed by atoms with Gasteiger partial charge in [0.2, 0.25) is 0 Å². The molecule has 1 aliphatic rings. The molecule has 0 amide bonds. The van der Waals surface area contributed by atoms with E-state index in [1.54, 1.807) is 12.1 Å². The molecular formula is C16H17N3O2. The number of para-hydroxylation sites is 1. The Hall–Kier alpha value is -2.69. The number of aliphatic imine (C=N–C) groups is 1. The summed E-state index contributed by atoms with van der Waals surface area (Å²) in [5, 5.41) is 19.5. The Bertz CT molecular complexity index is 680. The molecule has 5 nitrogen and oxygen atoms in total. The first-order valence-corrected chi connectivity index (χ1v) is 6.69. The topological polar surface area (TPSA) is 82.1 Å². The number of phenolic OH excluding ortho intramolecular Hbond substituents is 2. The van der Waals surface area contributed by atoms with E-state index in [1.165, 1.54) is 6.07 Å². The third-order valence-electron chi connectivity index (χ3n) is 3.81. The molecule has 3 rings (SSSR count). The molecule has 0 fully saturated rings. The first-order valence-electron chi connectivity index (χ1n) is 6.69. The molecule has 0 bridgehead atoms. The Morgan fingerprint density at radius 2 is 1.71 bits per heavy atom. The average molecular weight is 283 g/mol. The van der Waals surface area contributed by atoms with E-state index in [4.69, 9.17) is 5.73 Å². The normalized spacial score (nSPS) is 21.4. The summed E-state index contributed by atoms with van der Waals surface area (Å²) < 4.78 is 0. The summed E-state index contributed by atoms with van der Waals surface area (Å²) in [6.07, 6.45) is 0. The van der Waals surface area contributed by atoms with Crippen molar-refractivity contribution in [1.29, 1.82) is 0 Å². The first-order chi connectivity index (χ1) is 10.0. The van der Waals surface area contributed by atoms with Crippen molar-refractivity contribution in [3.05, 3.63) is 54.1 Å². The minimum Gasteiger partial charge on any atom is -0.508 e. The lowest BCUT2D eigenvalue weighted by atomic mass is 9.90. The Morgan fingerprint density at radius 3 is 2.33 bits per heavy atom. The predicted octanol–water partition coefficient (Wildman–Crippen LogP) is 2.15. The predicted molar refractivity (Wildman–Crippen MR) is 82.5 cm³/mol. The van der Waals surface area contributed by atoms with E-state index >= 15 is 0 Å². The minimum absolute atomic E-state index is 0.0182. The largest absolute Gasteiger partial charge is 0.508 e. The summed E-state index contributed by atoms with van der Waals surface area (Å²) in [4.78, 5) is 6.26. The SMILES string of the molecule is CC1(c2cc(O)cc(O)c2)CN=C(N)N1c1ccccc1. The molecule has 21 heavy (non-hydrogen) atoms. The second kappa shape index (κ2) is 4.70. The molecule has 0 saturated heterocycles. The fourth-order valence-electron chi connectivity index (χ4n) is 2.75. The summed E-state index contributed by atoms with van der Waals surface area (Å²) in [6, 6.07) is 14.3. The molecule has 2 aromatic carbocycles. The number of nitrogens with two attached hydrogens (primary N) is 1. The molecule has 0 saturated carbocycles. The van der Waals surface area contributed by atoms with Crippen molar-refractivity contribution in [3.8, 4) is 11.5 Å². The fourth-order valence-corrected chi connectivity index (χ4v) is 2.75. The first kappa shape index (κ1) is 13.3. The number of nitrogens with zero attached hydrogens (tertiary/aromatic N) is 2. The van der Waals surface area contributed by atoms with Crippen molar-refractivity contribution >= 4 is 11.6 Å². The van der Waals surface area contributed by atoms with Crippen LogP contribution in [0.25, 0.3) is 0 Å². The molecular weight excluding hydrogens is 266 g/mol. The molecule has 4 N–H and O–H groups in total. The maximum Gasteiger partial charge on any atom is 0.196 e. The van der Waals surface area contributed by atoms with Gasteiger partial charge in [0, 0.05) is 11.8 Å². The van der Waals surface area contributed by atoms with Crippen molar-refractivity contribution in [3.63, 3.8) is 0 Å². The lowest BCUT2D eigenvalue weighted by molar-refractivity contribution is 0.441. The van der Waals surface area contributed by atoms with Crippen LogP contribution in [0, 0.1) is 0 Å². The van der Waals surface area contributed by atoms with Crippen LogP contribution >= 0.6 is 0 Å². The van der Waals surface area contributed by atoms with Crippen molar-refractivity contribution in [1.82, 2.24) is 0 Å². The number of phenols is 2. The fraction of sp³-hybridized carbons (Fsp3) is 0.188. The maximum absolute atomic E-state index is 9.74. The molecule has 108 valence electrons. The third-order valence-corrected chi connectivity index (χ3v) is 3.81. The summed E-state index contributed by atoms with van der Waals surface area (Å²) in [5.74, 6) is 0.459. The molecule has 0 radical (unpaired) electrons. The number of hydrogen-bond donors (Lipinski definition) is 3. The Labute approximate surface area is 123 Å². The van der Waals surface area contributed by atoms with Crippen LogP contribution in [-0.4, -0.2) is 22.7 Å². The Balaban J connectivity index is 2.11. The van der Waals surface area contributed by atoms with Gasteiger partial charge in [-0.25, -0.2) is 0 Å². The van der Waals surface area contributed by atoms with Crippen LogP contribution in [-0.2, 0) is 5.54 Å². The Morgan fingerprint density at radius 1 is 1.10 bits per heavy atom. The number of aromatic hydroxyl groups is 2. The van der Waals surface area contributed by atoms with Gasteiger partial charge in [-0.2, -0.15) is 0 Å². The maximum atomic E-state index is 9.74. The highest BCUT2D eigenvalue weighted by molar-refractivity contribution is 5.98. The van der Waals surface area contributed by atoms with E-state index in [-0.39, 0.29) is 11.5 Å². The number of hydrogen-bond acceptors (Lipinski definition) is 5. The molecule has 5 heteroatoms. The molecule has 1 atom stereocenters. The van der Waals surface area contributed by atoms with Crippen LogP contribution in [0.15, 0.2) is 53.5 Å². The van der Waals surface area contributed by atoms with Gasteiger partial charge >= 0.3 is 0 Å². The summed E-state index contributed by atoms with van der Waals surface area (Å²) in [5.41, 5.74) is 7.17. The summed E-state index contributed by atoms with van der Waals surface area (Å²) >= 11 is 0. The zero-order valence-corrected chi connectivity index (χ0v) is 11.7. The van der Waals surface area contributed by atoms with Gasteiger partial charge in [-0.15, -0.1) is 0 Å². The van der Waals surface area contributed by atoms with E-state index < -0.39 is 5.54 Å². The lowest BCUT2D eigenvalue weighted by Crippen LogP contribution is -2.47. The molecule has 1 unspecified atom stereocenters. The van der Waals surface area contributed by atoms with E-state index in [0.29, 0.717) is 12.5 Å². The lowest BCUT2D eigenvalue weighted by Gasteiger charge is -2.36. The highest BCUT2D eigenvalue weighted by Gasteiger charge is 2.41. The van der Waals surface area contributed by atoms with E-state index in [1.807, 2.05) is 42.2 Å². The minimum atomic E-state index is -0.554. The second-order valence-electron chi connectivity index (χ2n) is 5.36. The van der Waals surface area contributed by atoms with Crippen LogP contribution in [0.5, 0.6) is 11.5 Å². The summed E-state index contributed by atoms with van der Waals surface area (Å²) in [6.45, 7) is 2.44. The number of benzene rings is 2. The highest BCUT2D eigenvalue weighted by Crippen LogP contribution is 2.39. The van der Waals surface area contributed by atoms with E-state index in [0.717, 1.165) is 11.3 Å². The molecule has 1 aliphatic heterocycles. The van der Waals surface area contributed by atoms with E-state index in [9.17, 15) is 10.2 Å². The second-order valence-corrected chi connectivity index (χ2v) is 5.36. The van der Waals surface area contributed by atoms with Crippen molar-refractivity contribution in [2.24, 2.45) is 10.7 Å². The van der Waals surface area contributed by atoms with Gasteiger partial charge in [-0.3, -0.25) is 4.99 Å². The Kier molecular flexibility index (Phi) is 2.97. The van der Waals surface area contributed by atoms with Gasteiger partial charge in [0.1, 0.15) is 11.5 Å². The van der Waals surface area contributed by atoms with Gasteiger partial charge in [-0.1, -0.05) is 18.2 Å². The van der Waals surface area contributed by atoms with Crippen molar-refractivity contribution in [2.45, 2.75) is 12.5 Å². The van der Waals surface area contributed by atoms with Crippen LogP contribution < -0.4 is 10.6 Å². The van der Waals surface area contributed by atoms with Crippen LogP contribution in [0.4, 0.5) is 5.69 Å².